The molecule has 6 nitrogen and oxygen atoms in total. The summed E-state index contributed by atoms with van der Waals surface area (Å²) >= 11 is 0. The molecule has 1 aliphatic heterocycles. The third-order valence-electron chi connectivity index (χ3n) is 5.01. The summed E-state index contributed by atoms with van der Waals surface area (Å²) < 4.78 is 5.51. The Morgan fingerprint density at radius 2 is 1.88 bits per heavy atom. The van der Waals surface area contributed by atoms with Gasteiger partial charge in [-0.3, -0.25) is 19.3 Å². The van der Waals surface area contributed by atoms with Crippen molar-refractivity contribution in [1.29, 1.82) is 0 Å². The number of carbonyl (C=O) groups excluding carboxylic acids is 3. The van der Waals surface area contributed by atoms with E-state index in [2.05, 4.69) is 0 Å². The number of hydrogen-bond acceptors (Lipinski definition) is 5. The number of fused-ring (bicyclic) bond motifs is 1. The third kappa shape index (κ3) is 3.74. The highest BCUT2D eigenvalue weighted by Gasteiger charge is 2.48. The van der Waals surface area contributed by atoms with E-state index < -0.39 is 6.10 Å². The summed E-state index contributed by atoms with van der Waals surface area (Å²) in [6.45, 7) is 1.38. The van der Waals surface area contributed by atoms with Crippen molar-refractivity contribution in [1.82, 2.24) is 4.90 Å². The standard InChI is InChI=1S/C19H23NO5/c1-12(21)13-5-4-6-15(9-13)25-11-14(22)10-20-18(23)16-7-2-3-8-17(16)19(20)24/h4-6,9,14,16-17,22H,2-3,7-8,10-11H2,1H3/t14-,16-,17+/m0/s1. The predicted molar refractivity (Wildman–Crippen MR) is 90.1 cm³/mol. The number of carbonyl (C=O) groups is 3. The minimum Gasteiger partial charge on any atom is -0.491 e. The van der Waals surface area contributed by atoms with Crippen LogP contribution in [0.25, 0.3) is 0 Å². The molecule has 1 saturated carbocycles. The zero-order valence-corrected chi connectivity index (χ0v) is 14.3. The summed E-state index contributed by atoms with van der Waals surface area (Å²) in [6.07, 6.45) is 2.51. The quantitative estimate of drug-likeness (QED) is 0.628. The van der Waals surface area contributed by atoms with E-state index in [1.54, 1.807) is 24.3 Å². The lowest BCUT2D eigenvalue weighted by atomic mass is 9.81. The van der Waals surface area contributed by atoms with Gasteiger partial charge in [0.2, 0.25) is 11.8 Å². The van der Waals surface area contributed by atoms with E-state index in [1.807, 2.05) is 0 Å². The lowest BCUT2D eigenvalue weighted by molar-refractivity contribution is -0.141. The maximum atomic E-state index is 12.4. The molecule has 3 rings (SSSR count). The van der Waals surface area contributed by atoms with E-state index in [9.17, 15) is 19.5 Å². The van der Waals surface area contributed by atoms with Gasteiger partial charge in [-0.05, 0) is 31.9 Å². The zero-order valence-electron chi connectivity index (χ0n) is 14.3. The van der Waals surface area contributed by atoms with E-state index in [4.69, 9.17) is 4.74 Å². The second-order valence-electron chi connectivity index (χ2n) is 6.83. The van der Waals surface area contributed by atoms with E-state index in [0.717, 1.165) is 25.7 Å². The van der Waals surface area contributed by atoms with Crippen molar-refractivity contribution in [3.05, 3.63) is 29.8 Å². The number of benzene rings is 1. The molecule has 0 bridgehead atoms. The number of likely N-dealkylation sites (tertiary alicyclic amines) is 1. The smallest absolute Gasteiger partial charge is 0.233 e. The molecule has 134 valence electrons. The molecule has 1 aliphatic carbocycles. The number of amides is 2. The van der Waals surface area contributed by atoms with Gasteiger partial charge in [-0.25, -0.2) is 0 Å². The van der Waals surface area contributed by atoms with Crippen LogP contribution in [0.4, 0.5) is 0 Å². The zero-order chi connectivity index (χ0) is 18.0. The summed E-state index contributed by atoms with van der Waals surface area (Å²) in [5.41, 5.74) is 0.529. The van der Waals surface area contributed by atoms with Crippen molar-refractivity contribution in [2.24, 2.45) is 11.8 Å². The molecule has 2 fully saturated rings. The van der Waals surface area contributed by atoms with E-state index in [1.165, 1.54) is 11.8 Å². The van der Waals surface area contributed by atoms with Crippen LogP contribution in [-0.4, -0.2) is 46.9 Å². The number of β-amino-alcohol motifs (C(OH)–C–C–N with tert-alkyl or cyclic N) is 1. The Balaban J connectivity index is 1.56. The number of aliphatic hydroxyl groups excluding tert-OH is 1. The maximum Gasteiger partial charge on any atom is 0.233 e. The number of aliphatic hydroxyl groups is 1. The normalized spacial score (nSPS) is 24.2. The maximum absolute atomic E-state index is 12.4. The first-order chi connectivity index (χ1) is 12.0. The van der Waals surface area contributed by atoms with Gasteiger partial charge in [0, 0.05) is 5.56 Å². The highest BCUT2D eigenvalue weighted by molar-refractivity contribution is 6.05. The summed E-state index contributed by atoms with van der Waals surface area (Å²) in [6, 6.07) is 6.70. The van der Waals surface area contributed by atoms with Crippen LogP contribution in [0.3, 0.4) is 0 Å². The van der Waals surface area contributed by atoms with Crippen molar-refractivity contribution >= 4 is 17.6 Å². The molecule has 1 heterocycles. The highest BCUT2D eigenvalue weighted by Crippen LogP contribution is 2.37. The molecule has 2 aliphatic rings. The SMILES string of the molecule is CC(=O)c1cccc(OC[C@@H](O)CN2C(=O)[C@H]3CCCC[C@H]3C2=O)c1. The van der Waals surface area contributed by atoms with E-state index in [-0.39, 0.29) is 42.6 Å². The first-order valence-electron chi connectivity index (χ1n) is 8.74. The van der Waals surface area contributed by atoms with Gasteiger partial charge in [0.1, 0.15) is 18.5 Å². The molecule has 6 heteroatoms. The molecular formula is C19H23NO5. The van der Waals surface area contributed by atoms with Crippen LogP contribution in [-0.2, 0) is 9.59 Å². The van der Waals surface area contributed by atoms with Crippen molar-refractivity contribution < 1.29 is 24.2 Å². The van der Waals surface area contributed by atoms with Gasteiger partial charge >= 0.3 is 0 Å². The molecule has 0 aromatic heterocycles. The number of imide groups is 1. The average Bonchev–Trinajstić information content (AvgIpc) is 2.85. The lowest BCUT2D eigenvalue weighted by Crippen LogP contribution is -2.40. The summed E-state index contributed by atoms with van der Waals surface area (Å²) in [5, 5.41) is 10.2. The van der Waals surface area contributed by atoms with Crippen LogP contribution in [0, 0.1) is 11.8 Å². The van der Waals surface area contributed by atoms with Crippen LogP contribution in [0.2, 0.25) is 0 Å². The Kier molecular flexibility index (Phi) is 5.18. The van der Waals surface area contributed by atoms with E-state index in [0.29, 0.717) is 11.3 Å². The summed E-state index contributed by atoms with van der Waals surface area (Å²) in [4.78, 5) is 37.4. The number of rotatable bonds is 6. The van der Waals surface area contributed by atoms with Crippen LogP contribution in [0.5, 0.6) is 5.75 Å². The molecule has 1 aromatic rings. The lowest BCUT2D eigenvalue weighted by Gasteiger charge is -2.19. The second kappa shape index (κ2) is 7.35. The predicted octanol–water partition coefficient (Wildman–Crippen LogP) is 1.80. The van der Waals surface area contributed by atoms with Crippen molar-refractivity contribution in [2.45, 2.75) is 38.7 Å². The molecule has 2 amide bonds. The van der Waals surface area contributed by atoms with Crippen molar-refractivity contribution in [2.75, 3.05) is 13.2 Å². The van der Waals surface area contributed by atoms with Gasteiger partial charge < -0.3 is 9.84 Å². The molecular weight excluding hydrogens is 322 g/mol. The topological polar surface area (TPSA) is 83.9 Å². The molecule has 0 spiro atoms. The molecule has 0 radical (unpaired) electrons. The summed E-state index contributed by atoms with van der Waals surface area (Å²) in [5.74, 6) is -0.329. The third-order valence-corrected chi connectivity index (χ3v) is 5.01. The van der Waals surface area contributed by atoms with Crippen LogP contribution < -0.4 is 4.74 Å². The van der Waals surface area contributed by atoms with Gasteiger partial charge in [0.15, 0.2) is 5.78 Å². The number of ether oxygens (including phenoxy) is 1. The van der Waals surface area contributed by atoms with Gasteiger partial charge in [0.05, 0.1) is 18.4 Å². The van der Waals surface area contributed by atoms with Gasteiger partial charge in [0.25, 0.3) is 0 Å². The Morgan fingerprint density at radius 3 is 2.48 bits per heavy atom. The summed E-state index contributed by atoms with van der Waals surface area (Å²) in [7, 11) is 0. The van der Waals surface area contributed by atoms with E-state index >= 15 is 0 Å². The molecule has 0 unspecified atom stereocenters. The van der Waals surface area contributed by atoms with Gasteiger partial charge in [-0.15, -0.1) is 0 Å². The van der Waals surface area contributed by atoms with Crippen molar-refractivity contribution in [3.8, 4) is 5.75 Å². The minimum atomic E-state index is -0.964. The molecule has 1 saturated heterocycles. The van der Waals surface area contributed by atoms with Crippen LogP contribution in [0.1, 0.15) is 43.0 Å². The molecule has 1 aromatic carbocycles. The molecule has 25 heavy (non-hydrogen) atoms. The van der Waals surface area contributed by atoms with Crippen LogP contribution in [0.15, 0.2) is 24.3 Å². The average molecular weight is 345 g/mol. The number of hydrogen-bond donors (Lipinski definition) is 1. The highest BCUT2D eigenvalue weighted by atomic mass is 16.5. The van der Waals surface area contributed by atoms with Crippen molar-refractivity contribution in [3.63, 3.8) is 0 Å². The number of Topliss-reactive ketones (excluding diaryl/α,β-unsaturated/α-hetero) is 1. The second-order valence-corrected chi connectivity index (χ2v) is 6.83. The first-order valence-corrected chi connectivity index (χ1v) is 8.74. The van der Waals surface area contributed by atoms with Crippen LogP contribution >= 0.6 is 0 Å². The van der Waals surface area contributed by atoms with Gasteiger partial charge in [-0.2, -0.15) is 0 Å². The fourth-order valence-electron chi connectivity index (χ4n) is 3.67. The number of nitrogens with zero attached hydrogens (tertiary/aromatic N) is 1. The Labute approximate surface area is 146 Å². The molecule has 3 atom stereocenters. The van der Waals surface area contributed by atoms with Gasteiger partial charge in [-0.1, -0.05) is 25.0 Å². The monoisotopic (exact) mass is 345 g/mol. The number of ketones is 1. The fraction of sp³-hybridized carbons (Fsp3) is 0.526. The minimum absolute atomic E-state index is 0.0446. The Hall–Kier alpha value is -2.21. The Morgan fingerprint density at radius 1 is 1.24 bits per heavy atom. The molecule has 1 N–H and O–H groups in total. The fourth-order valence-corrected chi connectivity index (χ4v) is 3.67. The largest absolute Gasteiger partial charge is 0.491 e. The Bertz CT molecular complexity index is 662. The first kappa shape index (κ1) is 17.6.